The molecule has 19 heavy (non-hydrogen) atoms. The Kier molecular flexibility index (Phi) is 3.76. The van der Waals surface area contributed by atoms with Crippen molar-refractivity contribution in [2.45, 2.75) is 13.3 Å². The van der Waals surface area contributed by atoms with E-state index in [-0.39, 0.29) is 22.4 Å². The number of rotatable bonds is 2. The normalized spacial score (nSPS) is 16.4. The van der Waals surface area contributed by atoms with E-state index in [4.69, 9.17) is 0 Å². The number of anilines is 1. The summed E-state index contributed by atoms with van der Waals surface area (Å²) >= 11 is 0. The van der Waals surface area contributed by atoms with Crippen LogP contribution in [0.25, 0.3) is 0 Å². The zero-order valence-electron chi connectivity index (χ0n) is 11.2. The van der Waals surface area contributed by atoms with Crippen LogP contribution in [0.3, 0.4) is 0 Å². The highest BCUT2D eigenvalue weighted by atomic mass is 16.3. The molecule has 102 valence electrons. The second kappa shape index (κ2) is 5.33. The molecule has 6 nitrogen and oxygen atoms in total. The van der Waals surface area contributed by atoms with Gasteiger partial charge in [0.25, 0.3) is 5.56 Å². The maximum absolute atomic E-state index is 11.9. The third-order valence-corrected chi connectivity index (χ3v) is 3.55. The summed E-state index contributed by atoms with van der Waals surface area (Å²) in [5, 5.41) is 19.3. The SMILES string of the molecule is CCc1c(O)c(C#N)c(N2CCN(C)CC2)[nH]c1=O. The number of nitrogens with zero attached hydrogens (tertiary/aromatic N) is 3. The first-order valence-electron chi connectivity index (χ1n) is 6.40. The molecule has 1 aliphatic heterocycles. The summed E-state index contributed by atoms with van der Waals surface area (Å²) in [4.78, 5) is 18.8. The van der Waals surface area contributed by atoms with Crippen molar-refractivity contribution in [3.05, 3.63) is 21.5 Å². The van der Waals surface area contributed by atoms with Gasteiger partial charge in [-0.25, -0.2) is 0 Å². The highest BCUT2D eigenvalue weighted by Crippen LogP contribution is 2.27. The summed E-state index contributed by atoms with van der Waals surface area (Å²) in [6, 6.07) is 2.00. The molecule has 1 saturated heterocycles. The van der Waals surface area contributed by atoms with Gasteiger partial charge in [-0.15, -0.1) is 0 Å². The van der Waals surface area contributed by atoms with Gasteiger partial charge in [0.1, 0.15) is 23.2 Å². The molecule has 2 N–H and O–H groups in total. The van der Waals surface area contributed by atoms with Crippen LogP contribution >= 0.6 is 0 Å². The van der Waals surface area contributed by atoms with Gasteiger partial charge in [-0.1, -0.05) is 6.92 Å². The first kappa shape index (κ1) is 13.4. The van der Waals surface area contributed by atoms with Crippen molar-refractivity contribution in [2.24, 2.45) is 0 Å². The fourth-order valence-corrected chi connectivity index (χ4v) is 2.32. The van der Waals surface area contributed by atoms with E-state index >= 15 is 0 Å². The molecule has 0 bridgehead atoms. The molecule has 0 amide bonds. The molecule has 6 heteroatoms. The number of likely N-dealkylation sites (N-methyl/N-ethyl adjacent to an activating group) is 1. The molecule has 1 aliphatic rings. The number of nitrogens with one attached hydrogen (secondary N) is 1. The Hall–Kier alpha value is -2.00. The van der Waals surface area contributed by atoms with E-state index in [1.54, 1.807) is 6.92 Å². The molecule has 0 atom stereocenters. The third-order valence-electron chi connectivity index (χ3n) is 3.55. The maximum atomic E-state index is 11.9. The van der Waals surface area contributed by atoms with Gasteiger partial charge in [0.05, 0.1) is 5.56 Å². The lowest BCUT2D eigenvalue weighted by Crippen LogP contribution is -2.45. The number of piperazine rings is 1. The number of pyridine rings is 1. The summed E-state index contributed by atoms with van der Waals surface area (Å²) in [6.45, 7) is 4.96. The number of aromatic hydroxyl groups is 1. The van der Waals surface area contributed by atoms with Gasteiger partial charge in [-0.05, 0) is 13.5 Å². The van der Waals surface area contributed by atoms with Crippen LogP contribution in [0.2, 0.25) is 0 Å². The molecule has 2 heterocycles. The van der Waals surface area contributed by atoms with Gasteiger partial charge in [-0.3, -0.25) is 4.79 Å². The minimum Gasteiger partial charge on any atom is -0.506 e. The topological polar surface area (TPSA) is 83.4 Å². The number of hydrogen-bond acceptors (Lipinski definition) is 5. The summed E-state index contributed by atoms with van der Waals surface area (Å²) in [5.41, 5.74) is 0.128. The Balaban J connectivity index is 2.46. The largest absolute Gasteiger partial charge is 0.506 e. The van der Waals surface area contributed by atoms with Gasteiger partial charge in [0.2, 0.25) is 0 Å². The standard InChI is InChI=1S/C13H18N4O2/c1-3-9-11(18)10(8-14)12(15-13(9)19)17-6-4-16(2)5-7-17/h3-7H2,1-2H3,(H2,15,18,19). The van der Waals surface area contributed by atoms with Gasteiger partial charge in [0.15, 0.2) is 0 Å². The third kappa shape index (κ3) is 2.42. The lowest BCUT2D eigenvalue weighted by molar-refractivity contribution is 0.311. The highest BCUT2D eigenvalue weighted by Gasteiger charge is 2.22. The monoisotopic (exact) mass is 262 g/mol. The van der Waals surface area contributed by atoms with Crippen molar-refractivity contribution in [1.82, 2.24) is 9.88 Å². The van der Waals surface area contributed by atoms with Crippen LogP contribution in [-0.2, 0) is 6.42 Å². The minimum atomic E-state index is -0.312. The molecule has 2 rings (SSSR count). The van der Waals surface area contributed by atoms with E-state index in [2.05, 4.69) is 9.88 Å². The molecule has 1 fully saturated rings. The van der Waals surface area contributed by atoms with Gasteiger partial charge >= 0.3 is 0 Å². The summed E-state index contributed by atoms with van der Waals surface area (Å²) in [6.07, 6.45) is 0.402. The van der Waals surface area contributed by atoms with Gasteiger partial charge < -0.3 is 19.9 Å². The first-order chi connectivity index (χ1) is 9.08. The highest BCUT2D eigenvalue weighted by molar-refractivity contribution is 5.62. The van der Waals surface area contributed by atoms with E-state index in [1.807, 2.05) is 18.0 Å². The lowest BCUT2D eigenvalue weighted by atomic mass is 10.1. The predicted octanol–water partition coefficient (Wildman–Crippen LogP) is 0.266. The van der Waals surface area contributed by atoms with Crippen LogP contribution in [0.4, 0.5) is 5.82 Å². The Labute approximate surface area is 111 Å². The second-order valence-corrected chi connectivity index (χ2v) is 4.76. The number of nitriles is 1. The Morgan fingerprint density at radius 2 is 2.00 bits per heavy atom. The van der Waals surface area contributed by atoms with E-state index in [0.717, 1.165) is 26.2 Å². The van der Waals surface area contributed by atoms with E-state index < -0.39 is 0 Å². The predicted molar refractivity (Wildman–Crippen MR) is 72.5 cm³/mol. The maximum Gasteiger partial charge on any atom is 0.256 e. The molecular weight excluding hydrogens is 244 g/mol. The van der Waals surface area contributed by atoms with Crippen molar-refractivity contribution < 1.29 is 5.11 Å². The summed E-state index contributed by atoms with van der Waals surface area (Å²) in [5.74, 6) is 0.262. The van der Waals surface area contributed by atoms with E-state index in [0.29, 0.717) is 12.2 Å². The van der Waals surface area contributed by atoms with E-state index in [9.17, 15) is 15.2 Å². The molecule has 0 aliphatic carbocycles. The van der Waals surface area contributed by atoms with Gasteiger partial charge in [0, 0.05) is 26.2 Å². The number of aromatic amines is 1. The number of aromatic nitrogens is 1. The Morgan fingerprint density at radius 1 is 1.37 bits per heavy atom. The zero-order valence-corrected chi connectivity index (χ0v) is 11.2. The minimum absolute atomic E-state index is 0.168. The number of hydrogen-bond donors (Lipinski definition) is 2. The number of H-pyrrole nitrogens is 1. The van der Waals surface area contributed by atoms with Crippen molar-refractivity contribution in [1.29, 1.82) is 5.26 Å². The fourth-order valence-electron chi connectivity index (χ4n) is 2.32. The van der Waals surface area contributed by atoms with Crippen LogP contribution in [0, 0.1) is 11.3 Å². The Bertz CT molecular complexity index is 565. The van der Waals surface area contributed by atoms with Crippen LogP contribution in [0.1, 0.15) is 18.1 Å². The Morgan fingerprint density at radius 3 is 2.53 bits per heavy atom. The van der Waals surface area contributed by atoms with Crippen LogP contribution in [-0.4, -0.2) is 48.2 Å². The molecular formula is C13H18N4O2. The van der Waals surface area contributed by atoms with Crippen LogP contribution in [0.15, 0.2) is 4.79 Å². The molecule has 0 aromatic carbocycles. The molecule has 0 radical (unpaired) electrons. The van der Waals surface area contributed by atoms with Crippen molar-refractivity contribution in [3.8, 4) is 11.8 Å². The fraction of sp³-hybridized carbons (Fsp3) is 0.538. The first-order valence-corrected chi connectivity index (χ1v) is 6.40. The molecule has 1 aromatic heterocycles. The molecule has 0 unspecified atom stereocenters. The molecule has 1 aromatic rings. The van der Waals surface area contributed by atoms with Crippen LogP contribution in [0.5, 0.6) is 5.75 Å². The smallest absolute Gasteiger partial charge is 0.256 e. The van der Waals surface area contributed by atoms with Crippen molar-refractivity contribution in [3.63, 3.8) is 0 Å². The molecule has 0 spiro atoms. The van der Waals surface area contributed by atoms with Gasteiger partial charge in [-0.2, -0.15) is 5.26 Å². The average Bonchev–Trinajstić information content (AvgIpc) is 2.39. The van der Waals surface area contributed by atoms with Crippen molar-refractivity contribution in [2.75, 3.05) is 38.1 Å². The molecule has 0 saturated carbocycles. The zero-order chi connectivity index (χ0) is 14.0. The van der Waals surface area contributed by atoms with Crippen molar-refractivity contribution >= 4 is 5.82 Å². The average molecular weight is 262 g/mol. The lowest BCUT2D eigenvalue weighted by Gasteiger charge is -2.34. The van der Waals surface area contributed by atoms with Crippen LogP contribution < -0.4 is 10.5 Å². The summed E-state index contributed by atoms with van der Waals surface area (Å²) in [7, 11) is 2.03. The van der Waals surface area contributed by atoms with E-state index in [1.165, 1.54) is 0 Å². The summed E-state index contributed by atoms with van der Waals surface area (Å²) < 4.78 is 0. The quantitative estimate of drug-likeness (QED) is 0.799. The second-order valence-electron chi connectivity index (χ2n) is 4.76.